The molecule has 0 fully saturated rings. The number of rotatable bonds is 2. The third-order valence-corrected chi connectivity index (χ3v) is 4.06. The van der Waals surface area contributed by atoms with Crippen molar-refractivity contribution in [1.29, 1.82) is 0 Å². The first kappa shape index (κ1) is 15.3. The summed E-state index contributed by atoms with van der Waals surface area (Å²) in [4.78, 5) is 28.8. The molecule has 1 heterocycles. The van der Waals surface area contributed by atoms with Gasteiger partial charge in [0.05, 0.1) is 5.69 Å². The van der Waals surface area contributed by atoms with Gasteiger partial charge in [0, 0.05) is 15.5 Å². The quantitative estimate of drug-likeness (QED) is 0.832. The first-order valence-electron chi connectivity index (χ1n) is 5.98. The van der Waals surface area contributed by atoms with Crippen molar-refractivity contribution in [2.45, 2.75) is 13.8 Å². The van der Waals surface area contributed by atoms with Crippen LogP contribution < -0.4 is 16.2 Å². The van der Waals surface area contributed by atoms with Gasteiger partial charge in [-0.15, -0.1) is 0 Å². The number of nitrogens with one attached hydrogen (secondary N) is 1. The first-order chi connectivity index (χ1) is 9.88. The summed E-state index contributed by atoms with van der Waals surface area (Å²) in [6, 6.07) is 5.46. The lowest BCUT2D eigenvalue weighted by atomic mass is 10.2. The number of nitrogens with two attached hydrogens (primary N) is 1. The fourth-order valence-electron chi connectivity index (χ4n) is 1.52. The van der Waals surface area contributed by atoms with Gasteiger partial charge < -0.3 is 5.73 Å². The van der Waals surface area contributed by atoms with Gasteiger partial charge in [0.2, 0.25) is 5.13 Å². The molecule has 6 nitrogen and oxygen atoms in total. The van der Waals surface area contributed by atoms with Crippen LogP contribution in [-0.2, 0) is 0 Å². The molecule has 0 atom stereocenters. The number of halogens is 1. The summed E-state index contributed by atoms with van der Waals surface area (Å²) in [5.74, 6) is -0.476. The van der Waals surface area contributed by atoms with Crippen LogP contribution in [-0.4, -0.2) is 16.9 Å². The Hall–Kier alpha value is -2.12. The predicted octanol–water partition coefficient (Wildman–Crippen LogP) is 2.64. The Morgan fingerprint density at radius 3 is 2.38 bits per heavy atom. The van der Waals surface area contributed by atoms with Crippen molar-refractivity contribution >= 4 is 40.0 Å². The van der Waals surface area contributed by atoms with Crippen LogP contribution >= 0.6 is 22.9 Å². The second-order valence-electron chi connectivity index (χ2n) is 4.26. The van der Waals surface area contributed by atoms with E-state index < -0.39 is 11.9 Å². The van der Waals surface area contributed by atoms with E-state index in [4.69, 9.17) is 17.3 Å². The van der Waals surface area contributed by atoms with Gasteiger partial charge in [0.1, 0.15) is 0 Å². The molecule has 0 radical (unpaired) electrons. The van der Waals surface area contributed by atoms with E-state index in [-0.39, 0.29) is 0 Å². The van der Waals surface area contributed by atoms with Crippen LogP contribution in [0.3, 0.4) is 0 Å². The standard InChI is InChI=1S/C13H13ClN4O2S/c1-7-8(2)21-13(16-7)18(12(15)20)17-11(19)9-3-5-10(14)6-4-9/h3-6H,1-2H3,(H2,15,20)(H,17,19). The van der Waals surface area contributed by atoms with Crippen molar-refractivity contribution in [3.05, 3.63) is 45.4 Å². The zero-order valence-electron chi connectivity index (χ0n) is 11.4. The minimum absolute atomic E-state index is 0.319. The number of carbonyl (C=O) groups is 2. The number of hydrogen-bond donors (Lipinski definition) is 2. The van der Waals surface area contributed by atoms with Gasteiger partial charge in [-0.3, -0.25) is 10.2 Å². The summed E-state index contributed by atoms with van der Waals surface area (Å²) >= 11 is 7.03. The van der Waals surface area contributed by atoms with Gasteiger partial charge in [-0.05, 0) is 38.1 Å². The maximum atomic E-state index is 12.1. The molecule has 0 bridgehead atoms. The van der Waals surface area contributed by atoms with E-state index in [9.17, 15) is 9.59 Å². The number of aryl methyl sites for hydroxylation is 2. The van der Waals surface area contributed by atoms with Crippen molar-refractivity contribution < 1.29 is 9.59 Å². The summed E-state index contributed by atoms with van der Waals surface area (Å²) in [5.41, 5.74) is 8.87. The Kier molecular flexibility index (Phi) is 4.44. The minimum Gasteiger partial charge on any atom is -0.350 e. The Morgan fingerprint density at radius 1 is 1.29 bits per heavy atom. The van der Waals surface area contributed by atoms with Crippen LogP contribution in [0.2, 0.25) is 5.02 Å². The van der Waals surface area contributed by atoms with E-state index in [0.717, 1.165) is 15.6 Å². The molecule has 8 heteroatoms. The summed E-state index contributed by atoms with van der Waals surface area (Å²) < 4.78 is 0. The Morgan fingerprint density at radius 2 is 1.90 bits per heavy atom. The number of amides is 3. The summed E-state index contributed by atoms with van der Waals surface area (Å²) in [7, 11) is 0. The molecule has 110 valence electrons. The van der Waals surface area contributed by atoms with Crippen molar-refractivity contribution in [2.75, 3.05) is 5.01 Å². The number of thiazole rings is 1. The molecule has 3 N–H and O–H groups in total. The highest BCUT2D eigenvalue weighted by Crippen LogP contribution is 2.24. The van der Waals surface area contributed by atoms with Crippen molar-refractivity contribution in [3.63, 3.8) is 0 Å². The molecule has 0 aliphatic rings. The van der Waals surface area contributed by atoms with E-state index in [2.05, 4.69) is 10.4 Å². The van der Waals surface area contributed by atoms with Crippen LogP contribution in [0.25, 0.3) is 0 Å². The maximum absolute atomic E-state index is 12.1. The molecule has 0 aliphatic heterocycles. The van der Waals surface area contributed by atoms with Crippen LogP contribution in [0.15, 0.2) is 24.3 Å². The molecule has 1 aromatic heterocycles. The number of hydrazine groups is 1. The Labute approximate surface area is 130 Å². The van der Waals surface area contributed by atoms with Gasteiger partial charge >= 0.3 is 6.03 Å². The largest absolute Gasteiger partial charge is 0.350 e. The van der Waals surface area contributed by atoms with E-state index in [0.29, 0.717) is 15.7 Å². The lowest BCUT2D eigenvalue weighted by Crippen LogP contribution is -2.49. The van der Waals surface area contributed by atoms with Crippen molar-refractivity contribution in [3.8, 4) is 0 Å². The second-order valence-corrected chi connectivity index (χ2v) is 5.88. The molecule has 2 aromatic rings. The number of primary amides is 1. The Bertz CT molecular complexity index is 664. The topological polar surface area (TPSA) is 88.3 Å². The first-order valence-corrected chi connectivity index (χ1v) is 7.18. The number of anilines is 1. The van der Waals surface area contributed by atoms with E-state index >= 15 is 0 Å². The number of nitrogens with zero attached hydrogens (tertiary/aromatic N) is 2. The highest BCUT2D eigenvalue weighted by Gasteiger charge is 2.20. The number of hydrogen-bond acceptors (Lipinski definition) is 4. The highest BCUT2D eigenvalue weighted by molar-refractivity contribution is 7.15. The molecule has 0 unspecified atom stereocenters. The van der Waals surface area contributed by atoms with Crippen LogP contribution in [0, 0.1) is 13.8 Å². The predicted molar refractivity (Wildman–Crippen MR) is 82.6 cm³/mol. The van der Waals surface area contributed by atoms with Gasteiger partial charge in [-0.1, -0.05) is 22.9 Å². The van der Waals surface area contributed by atoms with Gasteiger partial charge in [-0.25, -0.2) is 9.78 Å². The summed E-state index contributed by atoms with van der Waals surface area (Å²) in [6.07, 6.45) is 0. The molecule has 0 spiro atoms. The lowest BCUT2D eigenvalue weighted by Gasteiger charge is -2.18. The number of carbonyl (C=O) groups excluding carboxylic acids is 2. The SMILES string of the molecule is Cc1nc(N(NC(=O)c2ccc(Cl)cc2)C(N)=O)sc1C. The lowest BCUT2D eigenvalue weighted by molar-refractivity contribution is 0.0951. The third-order valence-electron chi connectivity index (χ3n) is 2.75. The van der Waals surface area contributed by atoms with E-state index in [1.807, 2.05) is 13.8 Å². The number of aromatic nitrogens is 1. The molecule has 0 saturated carbocycles. The van der Waals surface area contributed by atoms with Crippen LogP contribution in [0.1, 0.15) is 20.9 Å². The van der Waals surface area contributed by atoms with Crippen molar-refractivity contribution in [2.24, 2.45) is 5.73 Å². The fourth-order valence-corrected chi connectivity index (χ4v) is 2.52. The van der Waals surface area contributed by atoms with Gasteiger partial charge in [-0.2, -0.15) is 5.01 Å². The molecular weight excluding hydrogens is 312 g/mol. The summed E-state index contributed by atoms with van der Waals surface area (Å²) in [6.45, 7) is 3.69. The molecule has 3 amide bonds. The Balaban J connectivity index is 2.22. The number of urea groups is 1. The molecule has 1 aromatic carbocycles. The van der Waals surface area contributed by atoms with E-state index in [1.165, 1.54) is 11.3 Å². The van der Waals surface area contributed by atoms with Crippen LogP contribution in [0.4, 0.5) is 9.93 Å². The average molecular weight is 325 g/mol. The third kappa shape index (κ3) is 3.50. The zero-order chi connectivity index (χ0) is 15.6. The smallest absolute Gasteiger partial charge is 0.340 e. The zero-order valence-corrected chi connectivity index (χ0v) is 13.0. The molecule has 2 rings (SSSR count). The van der Waals surface area contributed by atoms with Crippen LogP contribution in [0.5, 0.6) is 0 Å². The summed E-state index contributed by atoms with van der Waals surface area (Å²) in [5, 5.41) is 1.77. The fraction of sp³-hybridized carbons (Fsp3) is 0.154. The molecule has 0 saturated heterocycles. The highest BCUT2D eigenvalue weighted by atomic mass is 35.5. The molecule has 21 heavy (non-hydrogen) atoms. The second kappa shape index (κ2) is 6.11. The minimum atomic E-state index is -0.814. The average Bonchev–Trinajstić information content (AvgIpc) is 2.75. The number of benzene rings is 1. The van der Waals surface area contributed by atoms with Gasteiger partial charge in [0.25, 0.3) is 5.91 Å². The monoisotopic (exact) mass is 324 g/mol. The molecular formula is C13H13ClN4O2S. The van der Waals surface area contributed by atoms with Crippen molar-refractivity contribution in [1.82, 2.24) is 10.4 Å². The van der Waals surface area contributed by atoms with Gasteiger partial charge in [0.15, 0.2) is 0 Å². The normalized spacial score (nSPS) is 10.2. The molecule has 0 aliphatic carbocycles. The maximum Gasteiger partial charge on any atom is 0.340 e. The van der Waals surface area contributed by atoms with E-state index in [1.54, 1.807) is 24.3 Å².